The van der Waals surface area contributed by atoms with Crippen LogP contribution < -0.4 is 5.32 Å². The highest BCUT2D eigenvalue weighted by Crippen LogP contribution is 2.35. The number of aromatic nitrogens is 5. The number of nitrogens with zero attached hydrogens (tertiary/aromatic N) is 4. The molecule has 0 aliphatic rings. The van der Waals surface area contributed by atoms with Crippen molar-refractivity contribution in [1.82, 2.24) is 24.6 Å². The maximum atomic E-state index is 15.0. The van der Waals surface area contributed by atoms with Crippen molar-refractivity contribution in [2.75, 3.05) is 5.32 Å². The predicted molar refractivity (Wildman–Crippen MR) is 95.9 cm³/mol. The van der Waals surface area contributed by atoms with E-state index in [0.717, 1.165) is 28.7 Å². The van der Waals surface area contributed by atoms with Gasteiger partial charge < -0.3 is 10.4 Å². The van der Waals surface area contributed by atoms with Crippen molar-refractivity contribution in [3.8, 4) is 0 Å². The molecule has 4 aromatic rings. The standard InChI is InChI=1S/C18H13F3N6O2/c1-9-8-13(26-25-9)22-17-24-16(18(20,21)10-2-4-11(19)5-3-10)23-14-7-6-12(15(28)29)27(14)17/h2-8H,1H3,(H,28,29)(H2,22,23,24,25,26). The van der Waals surface area contributed by atoms with Crippen molar-refractivity contribution in [3.63, 3.8) is 0 Å². The summed E-state index contributed by atoms with van der Waals surface area (Å²) < 4.78 is 44.2. The molecule has 29 heavy (non-hydrogen) atoms. The Bertz CT molecular complexity index is 1220. The van der Waals surface area contributed by atoms with Gasteiger partial charge in [0.05, 0.1) is 0 Å². The van der Waals surface area contributed by atoms with Gasteiger partial charge in [-0.05, 0) is 43.3 Å². The van der Waals surface area contributed by atoms with E-state index in [-0.39, 0.29) is 23.1 Å². The fraction of sp³-hybridized carbons (Fsp3) is 0.111. The predicted octanol–water partition coefficient (Wildman–Crippen LogP) is 3.48. The Balaban J connectivity index is 1.89. The molecule has 3 aromatic heterocycles. The number of benzene rings is 1. The van der Waals surface area contributed by atoms with Gasteiger partial charge in [0, 0.05) is 17.3 Å². The Kier molecular flexibility index (Phi) is 4.22. The molecule has 0 atom stereocenters. The third-order valence-electron chi connectivity index (χ3n) is 4.16. The number of hydrogen-bond acceptors (Lipinski definition) is 5. The first-order valence-electron chi connectivity index (χ1n) is 8.32. The molecule has 0 aliphatic heterocycles. The summed E-state index contributed by atoms with van der Waals surface area (Å²) in [5.74, 6) is -6.42. The molecule has 8 nitrogen and oxygen atoms in total. The average Bonchev–Trinajstić information content (AvgIpc) is 3.28. The van der Waals surface area contributed by atoms with Gasteiger partial charge in [0.2, 0.25) is 11.8 Å². The van der Waals surface area contributed by atoms with Gasteiger partial charge in [0.25, 0.3) is 0 Å². The van der Waals surface area contributed by atoms with Crippen LogP contribution in [0.4, 0.5) is 24.9 Å². The van der Waals surface area contributed by atoms with Crippen molar-refractivity contribution < 1.29 is 23.1 Å². The zero-order chi connectivity index (χ0) is 20.8. The third kappa shape index (κ3) is 3.26. The molecule has 4 rings (SSSR count). The first kappa shape index (κ1) is 18.5. The van der Waals surface area contributed by atoms with E-state index in [2.05, 4.69) is 25.5 Å². The number of H-pyrrole nitrogens is 1. The highest BCUT2D eigenvalue weighted by atomic mass is 19.3. The maximum absolute atomic E-state index is 15.0. The SMILES string of the molecule is Cc1cc(Nc2nc(C(F)(F)c3ccc(F)cc3)nc3ccc(C(=O)O)n23)n[nH]1. The summed E-state index contributed by atoms with van der Waals surface area (Å²) in [6, 6.07) is 7.81. The van der Waals surface area contributed by atoms with E-state index in [1.807, 2.05) is 0 Å². The van der Waals surface area contributed by atoms with Crippen LogP contribution in [-0.2, 0) is 5.92 Å². The molecule has 0 fully saturated rings. The molecular formula is C18H13F3N6O2. The minimum atomic E-state index is -3.65. The van der Waals surface area contributed by atoms with Crippen molar-refractivity contribution in [3.05, 3.63) is 71.1 Å². The lowest BCUT2D eigenvalue weighted by Gasteiger charge is -2.17. The molecule has 3 N–H and O–H groups in total. The fourth-order valence-electron chi connectivity index (χ4n) is 2.80. The van der Waals surface area contributed by atoms with Crippen LogP contribution in [0.25, 0.3) is 5.65 Å². The highest BCUT2D eigenvalue weighted by Gasteiger charge is 2.38. The monoisotopic (exact) mass is 402 g/mol. The first-order valence-corrected chi connectivity index (χ1v) is 8.32. The van der Waals surface area contributed by atoms with Crippen molar-refractivity contribution in [1.29, 1.82) is 0 Å². The lowest BCUT2D eigenvalue weighted by Crippen LogP contribution is -2.22. The largest absolute Gasteiger partial charge is 0.477 e. The Morgan fingerprint density at radius 2 is 1.90 bits per heavy atom. The van der Waals surface area contributed by atoms with Gasteiger partial charge in [-0.3, -0.25) is 9.50 Å². The number of carboxylic acids is 1. The van der Waals surface area contributed by atoms with Gasteiger partial charge >= 0.3 is 11.9 Å². The van der Waals surface area contributed by atoms with Crippen LogP contribution in [-0.4, -0.2) is 35.6 Å². The molecule has 11 heteroatoms. The number of carbonyl (C=O) groups is 1. The van der Waals surface area contributed by atoms with E-state index in [1.54, 1.807) is 13.0 Å². The second kappa shape index (κ2) is 6.62. The zero-order valence-electron chi connectivity index (χ0n) is 14.8. The topological polar surface area (TPSA) is 108 Å². The van der Waals surface area contributed by atoms with E-state index in [4.69, 9.17) is 0 Å². The first-order chi connectivity index (χ1) is 13.8. The van der Waals surface area contributed by atoms with Crippen LogP contribution in [0.15, 0.2) is 42.5 Å². The second-order valence-electron chi connectivity index (χ2n) is 6.23. The molecule has 1 aromatic carbocycles. The molecule has 0 bridgehead atoms. The number of anilines is 2. The van der Waals surface area contributed by atoms with Crippen LogP contribution in [0.1, 0.15) is 27.6 Å². The molecule has 0 saturated carbocycles. The van der Waals surface area contributed by atoms with E-state index in [1.165, 1.54) is 12.1 Å². The quantitative estimate of drug-likeness (QED) is 0.472. The molecular weight excluding hydrogens is 389 g/mol. The molecule has 0 spiro atoms. The minimum Gasteiger partial charge on any atom is -0.477 e. The van der Waals surface area contributed by atoms with Crippen LogP contribution in [0.3, 0.4) is 0 Å². The Labute approximate surface area is 161 Å². The normalized spacial score (nSPS) is 11.7. The number of aromatic carboxylic acids is 1. The lowest BCUT2D eigenvalue weighted by atomic mass is 10.1. The molecule has 0 aliphatic carbocycles. The van der Waals surface area contributed by atoms with Gasteiger partial charge in [-0.2, -0.15) is 18.9 Å². The number of fused-ring (bicyclic) bond motifs is 1. The van der Waals surface area contributed by atoms with Crippen LogP contribution >= 0.6 is 0 Å². The van der Waals surface area contributed by atoms with Crippen molar-refractivity contribution in [2.24, 2.45) is 0 Å². The van der Waals surface area contributed by atoms with Crippen molar-refractivity contribution >= 4 is 23.4 Å². The Hall–Kier alpha value is -3.89. The zero-order valence-corrected chi connectivity index (χ0v) is 14.8. The third-order valence-corrected chi connectivity index (χ3v) is 4.16. The maximum Gasteiger partial charge on any atom is 0.353 e. The number of aromatic amines is 1. The Morgan fingerprint density at radius 1 is 1.17 bits per heavy atom. The smallest absolute Gasteiger partial charge is 0.353 e. The van der Waals surface area contributed by atoms with E-state index in [0.29, 0.717) is 5.69 Å². The van der Waals surface area contributed by atoms with Gasteiger partial charge in [0.15, 0.2) is 5.82 Å². The van der Waals surface area contributed by atoms with Gasteiger partial charge in [-0.1, -0.05) is 0 Å². The lowest BCUT2D eigenvalue weighted by molar-refractivity contribution is 0.0330. The van der Waals surface area contributed by atoms with Crippen LogP contribution in [0.5, 0.6) is 0 Å². The minimum absolute atomic E-state index is 0.0519. The number of carboxylic acid groups (broad SMARTS) is 1. The molecule has 0 saturated heterocycles. The summed E-state index contributed by atoms with van der Waals surface area (Å²) in [6.45, 7) is 1.74. The highest BCUT2D eigenvalue weighted by molar-refractivity contribution is 5.88. The summed E-state index contributed by atoms with van der Waals surface area (Å²) in [4.78, 5) is 19.2. The summed E-state index contributed by atoms with van der Waals surface area (Å²) in [6.07, 6.45) is 0. The summed E-state index contributed by atoms with van der Waals surface area (Å²) in [7, 11) is 0. The number of hydrogen-bond donors (Lipinski definition) is 3. The number of aryl methyl sites for hydroxylation is 1. The summed E-state index contributed by atoms with van der Waals surface area (Å²) >= 11 is 0. The fourth-order valence-corrected chi connectivity index (χ4v) is 2.80. The molecule has 0 unspecified atom stereocenters. The number of rotatable bonds is 5. The summed E-state index contributed by atoms with van der Waals surface area (Å²) in [5.41, 5.74) is -0.0780. The number of alkyl halides is 2. The second-order valence-corrected chi connectivity index (χ2v) is 6.23. The number of nitrogens with one attached hydrogen (secondary N) is 2. The van der Waals surface area contributed by atoms with E-state index < -0.39 is 29.1 Å². The van der Waals surface area contributed by atoms with Gasteiger partial charge in [-0.25, -0.2) is 14.2 Å². The van der Waals surface area contributed by atoms with E-state index in [9.17, 15) is 14.3 Å². The van der Waals surface area contributed by atoms with E-state index >= 15 is 8.78 Å². The summed E-state index contributed by atoms with van der Waals surface area (Å²) in [5, 5.41) is 18.8. The Morgan fingerprint density at radius 3 is 2.52 bits per heavy atom. The molecule has 148 valence electrons. The average molecular weight is 402 g/mol. The number of halogens is 3. The van der Waals surface area contributed by atoms with Gasteiger partial charge in [0.1, 0.15) is 17.2 Å². The van der Waals surface area contributed by atoms with Crippen molar-refractivity contribution in [2.45, 2.75) is 12.8 Å². The van der Waals surface area contributed by atoms with Crippen LogP contribution in [0.2, 0.25) is 0 Å². The van der Waals surface area contributed by atoms with Crippen LogP contribution in [0, 0.1) is 12.7 Å². The molecule has 0 amide bonds. The molecule has 0 radical (unpaired) electrons. The van der Waals surface area contributed by atoms with Gasteiger partial charge in [-0.15, -0.1) is 0 Å². The molecule has 3 heterocycles.